The normalized spacial score (nSPS) is 16.3. The van der Waals surface area contributed by atoms with Crippen LogP contribution in [0.4, 0.5) is 0 Å². The second kappa shape index (κ2) is 5.61. The number of benzene rings is 1. The average molecular weight is 249 g/mol. The molecule has 0 spiro atoms. The maximum absolute atomic E-state index is 5.52. The molecular weight excluding hydrogens is 230 g/mol. The molecular formula is C14H19NOS. The Balaban J connectivity index is 2.08. The first-order chi connectivity index (χ1) is 8.18. The van der Waals surface area contributed by atoms with E-state index in [1.165, 1.54) is 5.56 Å². The van der Waals surface area contributed by atoms with Gasteiger partial charge in [-0.05, 0) is 11.5 Å². The van der Waals surface area contributed by atoms with Crippen molar-refractivity contribution in [3.05, 3.63) is 35.4 Å². The maximum Gasteiger partial charge on any atom is 0.109 e. The van der Waals surface area contributed by atoms with Crippen LogP contribution < -0.4 is 0 Å². The fourth-order valence-electron chi connectivity index (χ4n) is 1.96. The summed E-state index contributed by atoms with van der Waals surface area (Å²) in [4.78, 5) is 3.17. The predicted octanol–water partition coefficient (Wildman–Crippen LogP) is 2.82. The quantitative estimate of drug-likeness (QED) is 0.748. The molecule has 1 aromatic carbocycles. The van der Waals surface area contributed by atoms with Crippen molar-refractivity contribution in [1.29, 1.82) is 0 Å². The van der Waals surface area contributed by atoms with Crippen molar-refractivity contribution >= 4 is 17.2 Å². The van der Waals surface area contributed by atoms with E-state index in [2.05, 4.69) is 43.0 Å². The molecule has 0 radical (unpaired) electrons. The van der Waals surface area contributed by atoms with Gasteiger partial charge in [0.15, 0.2) is 0 Å². The molecule has 17 heavy (non-hydrogen) atoms. The third-order valence-corrected chi connectivity index (χ3v) is 3.62. The number of morpholine rings is 1. The monoisotopic (exact) mass is 249 g/mol. The Labute approximate surface area is 109 Å². The summed E-state index contributed by atoms with van der Waals surface area (Å²) in [6.07, 6.45) is 0. The van der Waals surface area contributed by atoms with Gasteiger partial charge in [0.2, 0.25) is 0 Å². The lowest BCUT2D eigenvalue weighted by Crippen LogP contribution is -2.40. The molecule has 1 aromatic rings. The Hall–Kier alpha value is -0.930. The number of nitrogens with zero attached hydrogens (tertiary/aromatic N) is 1. The topological polar surface area (TPSA) is 12.5 Å². The Bertz CT molecular complexity index is 380. The predicted molar refractivity (Wildman–Crippen MR) is 74.6 cm³/mol. The standard InChI is InChI=1S/C14H19NOS/c1-11(2)12-3-5-13(6-4-12)14(17)15-7-9-16-10-8-15/h3-6,11H,7-10H2,1-2H3. The molecule has 2 nitrogen and oxygen atoms in total. The van der Waals surface area contributed by atoms with Crippen molar-refractivity contribution in [1.82, 2.24) is 4.90 Å². The van der Waals surface area contributed by atoms with Crippen LogP contribution in [0.2, 0.25) is 0 Å². The molecule has 1 aliphatic rings. The lowest BCUT2D eigenvalue weighted by atomic mass is 10.0. The van der Waals surface area contributed by atoms with E-state index >= 15 is 0 Å². The van der Waals surface area contributed by atoms with Crippen molar-refractivity contribution in [3.63, 3.8) is 0 Å². The van der Waals surface area contributed by atoms with E-state index in [0.717, 1.165) is 36.9 Å². The van der Waals surface area contributed by atoms with Gasteiger partial charge in [0.25, 0.3) is 0 Å². The SMILES string of the molecule is CC(C)c1ccc(C(=S)N2CCOCC2)cc1. The van der Waals surface area contributed by atoms with Crippen LogP contribution in [0.1, 0.15) is 30.9 Å². The Morgan fingerprint density at radius 3 is 2.29 bits per heavy atom. The molecule has 1 aliphatic heterocycles. The van der Waals surface area contributed by atoms with Crippen LogP contribution in [0.15, 0.2) is 24.3 Å². The van der Waals surface area contributed by atoms with Crippen molar-refractivity contribution in [3.8, 4) is 0 Å². The second-order valence-corrected chi connectivity index (χ2v) is 5.07. The van der Waals surface area contributed by atoms with E-state index in [-0.39, 0.29) is 0 Å². The zero-order valence-electron chi connectivity index (χ0n) is 10.5. The highest BCUT2D eigenvalue weighted by Crippen LogP contribution is 2.16. The van der Waals surface area contributed by atoms with E-state index < -0.39 is 0 Å². The second-order valence-electron chi connectivity index (χ2n) is 4.68. The van der Waals surface area contributed by atoms with Crippen LogP contribution in [0.25, 0.3) is 0 Å². The van der Waals surface area contributed by atoms with Gasteiger partial charge in [-0.25, -0.2) is 0 Å². The summed E-state index contributed by atoms with van der Waals surface area (Å²) in [6.45, 7) is 7.79. The van der Waals surface area contributed by atoms with Gasteiger partial charge in [-0.3, -0.25) is 0 Å². The Morgan fingerprint density at radius 2 is 1.76 bits per heavy atom. The molecule has 0 aliphatic carbocycles. The first-order valence-electron chi connectivity index (χ1n) is 6.15. The van der Waals surface area contributed by atoms with Crippen LogP contribution >= 0.6 is 12.2 Å². The van der Waals surface area contributed by atoms with Gasteiger partial charge in [-0.15, -0.1) is 0 Å². The smallest absolute Gasteiger partial charge is 0.109 e. The lowest BCUT2D eigenvalue weighted by molar-refractivity contribution is 0.0693. The molecule has 0 aromatic heterocycles. The summed E-state index contributed by atoms with van der Waals surface area (Å²) in [7, 11) is 0. The molecule has 1 fully saturated rings. The molecule has 3 heteroatoms. The van der Waals surface area contributed by atoms with Gasteiger partial charge in [-0.1, -0.05) is 50.3 Å². The minimum Gasteiger partial charge on any atom is -0.378 e. The summed E-state index contributed by atoms with van der Waals surface area (Å²) in [5.74, 6) is 0.570. The minimum atomic E-state index is 0.570. The first-order valence-corrected chi connectivity index (χ1v) is 6.56. The lowest BCUT2D eigenvalue weighted by Gasteiger charge is -2.29. The largest absolute Gasteiger partial charge is 0.378 e. The van der Waals surface area contributed by atoms with E-state index in [0.29, 0.717) is 5.92 Å². The molecule has 1 saturated heterocycles. The molecule has 1 heterocycles. The van der Waals surface area contributed by atoms with Gasteiger partial charge < -0.3 is 9.64 Å². The number of hydrogen-bond donors (Lipinski definition) is 0. The van der Waals surface area contributed by atoms with Crippen LogP contribution in [0.3, 0.4) is 0 Å². The summed E-state index contributed by atoms with van der Waals surface area (Å²) >= 11 is 5.52. The average Bonchev–Trinajstić information content (AvgIpc) is 2.39. The van der Waals surface area contributed by atoms with Gasteiger partial charge in [0, 0.05) is 18.7 Å². The van der Waals surface area contributed by atoms with Gasteiger partial charge in [-0.2, -0.15) is 0 Å². The van der Waals surface area contributed by atoms with Gasteiger partial charge >= 0.3 is 0 Å². The summed E-state index contributed by atoms with van der Waals surface area (Å²) in [5, 5.41) is 0. The highest BCUT2D eigenvalue weighted by atomic mass is 32.1. The molecule has 0 atom stereocenters. The van der Waals surface area contributed by atoms with Gasteiger partial charge in [0.1, 0.15) is 4.99 Å². The number of rotatable bonds is 2. The maximum atomic E-state index is 5.52. The highest BCUT2D eigenvalue weighted by Gasteiger charge is 2.14. The number of ether oxygens (including phenoxy) is 1. The fourth-order valence-corrected chi connectivity index (χ4v) is 2.28. The number of hydrogen-bond acceptors (Lipinski definition) is 2. The zero-order chi connectivity index (χ0) is 12.3. The first kappa shape index (κ1) is 12.5. The van der Waals surface area contributed by atoms with E-state index in [9.17, 15) is 0 Å². The fraction of sp³-hybridized carbons (Fsp3) is 0.500. The van der Waals surface area contributed by atoms with Crippen molar-refractivity contribution in [2.45, 2.75) is 19.8 Å². The third-order valence-electron chi connectivity index (χ3n) is 3.12. The van der Waals surface area contributed by atoms with Crippen molar-refractivity contribution in [2.75, 3.05) is 26.3 Å². The summed E-state index contributed by atoms with van der Waals surface area (Å²) in [5.41, 5.74) is 2.50. The molecule has 0 saturated carbocycles. The highest BCUT2D eigenvalue weighted by molar-refractivity contribution is 7.80. The van der Waals surface area contributed by atoms with E-state index in [1.807, 2.05) is 0 Å². The molecule has 0 amide bonds. The molecule has 0 N–H and O–H groups in total. The van der Waals surface area contributed by atoms with Crippen molar-refractivity contribution in [2.24, 2.45) is 0 Å². The molecule has 92 valence electrons. The van der Waals surface area contributed by atoms with Crippen LogP contribution in [0.5, 0.6) is 0 Å². The van der Waals surface area contributed by atoms with Crippen LogP contribution in [-0.4, -0.2) is 36.2 Å². The van der Waals surface area contributed by atoms with Crippen LogP contribution in [0, 0.1) is 0 Å². The number of thiocarbonyl (C=S) groups is 1. The molecule has 2 rings (SSSR count). The molecule has 0 unspecified atom stereocenters. The Kier molecular flexibility index (Phi) is 4.13. The zero-order valence-corrected chi connectivity index (χ0v) is 11.3. The van der Waals surface area contributed by atoms with E-state index in [4.69, 9.17) is 17.0 Å². The van der Waals surface area contributed by atoms with E-state index in [1.54, 1.807) is 0 Å². The van der Waals surface area contributed by atoms with Crippen molar-refractivity contribution < 1.29 is 4.74 Å². The van der Waals surface area contributed by atoms with Crippen LogP contribution in [-0.2, 0) is 4.74 Å². The minimum absolute atomic E-state index is 0.570. The summed E-state index contributed by atoms with van der Waals surface area (Å²) < 4.78 is 5.34. The Morgan fingerprint density at radius 1 is 1.18 bits per heavy atom. The third kappa shape index (κ3) is 3.05. The molecule has 0 bridgehead atoms. The van der Waals surface area contributed by atoms with Gasteiger partial charge in [0.05, 0.1) is 13.2 Å². The summed E-state index contributed by atoms with van der Waals surface area (Å²) in [6, 6.07) is 8.61.